The van der Waals surface area contributed by atoms with E-state index in [0.29, 0.717) is 29.7 Å². The van der Waals surface area contributed by atoms with E-state index in [-0.39, 0.29) is 23.9 Å². The monoisotopic (exact) mass is 440 g/mol. The highest BCUT2D eigenvalue weighted by Gasteiger charge is 2.38. The fraction of sp³-hybridized carbons (Fsp3) is 0.423. The fourth-order valence-electron chi connectivity index (χ4n) is 4.70. The molecule has 2 atom stereocenters. The van der Waals surface area contributed by atoms with Crippen molar-refractivity contribution in [1.29, 1.82) is 0 Å². The summed E-state index contributed by atoms with van der Waals surface area (Å²) in [5, 5.41) is 21.2. The molecule has 0 bridgehead atoms. The van der Waals surface area contributed by atoms with Crippen molar-refractivity contribution < 1.29 is 28.9 Å². The molecule has 2 aliphatic rings. The van der Waals surface area contributed by atoms with Gasteiger partial charge in [-0.3, -0.25) is 4.79 Å². The van der Waals surface area contributed by atoms with Crippen molar-refractivity contribution >= 4 is 12.0 Å². The van der Waals surface area contributed by atoms with Crippen molar-refractivity contribution in [1.82, 2.24) is 0 Å². The summed E-state index contributed by atoms with van der Waals surface area (Å²) in [5.41, 5.74) is 3.50. The summed E-state index contributed by atoms with van der Waals surface area (Å²) in [4.78, 5) is 11.8. The van der Waals surface area contributed by atoms with E-state index < -0.39 is 23.8 Å². The van der Waals surface area contributed by atoms with Crippen molar-refractivity contribution in [3.05, 3.63) is 52.8 Å². The Balaban J connectivity index is 1.92. The highest BCUT2D eigenvalue weighted by atomic mass is 19.1. The smallest absolute Gasteiger partial charge is 0.309 e. The van der Waals surface area contributed by atoms with Crippen LogP contribution in [0.2, 0.25) is 0 Å². The van der Waals surface area contributed by atoms with Gasteiger partial charge in [0, 0.05) is 24.0 Å². The topological polar surface area (TPSA) is 76.0 Å². The van der Waals surface area contributed by atoms with E-state index in [4.69, 9.17) is 9.47 Å². The summed E-state index contributed by atoms with van der Waals surface area (Å²) in [6.07, 6.45) is 3.25. The second-order valence-electron chi connectivity index (χ2n) is 9.54. The summed E-state index contributed by atoms with van der Waals surface area (Å²) in [7, 11) is 0. The minimum atomic E-state index is -0.741. The van der Waals surface area contributed by atoms with Crippen molar-refractivity contribution in [3.8, 4) is 22.6 Å². The van der Waals surface area contributed by atoms with Crippen LogP contribution in [0, 0.1) is 5.82 Å². The number of phenolic OH excluding ortho intramolecular Hbond substituents is 1. The van der Waals surface area contributed by atoms with Gasteiger partial charge in [-0.1, -0.05) is 32.1 Å². The molecule has 1 fully saturated rings. The zero-order valence-corrected chi connectivity index (χ0v) is 18.8. The molecule has 6 heteroatoms. The maximum absolute atomic E-state index is 13.6. The van der Waals surface area contributed by atoms with E-state index in [0.717, 1.165) is 16.7 Å². The zero-order chi connectivity index (χ0) is 23.2. The number of ether oxygens (including phenoxy) is 2. The van der Waals surface area contributed by atoms with Gasteiger partial charge in [-0.25, -0.2) is 4.39 Å². The molecule has 0 spiro atoms. The Hall–Kier alpha value is -2.86. The molecule has 2 N–H and O–H groups in total. The van der Waals surface area contributed by atoms with E-state index in [2.05, 4.69) is 13.8 Å². The van der Waals surface area contributed by atoms with Crippen LogP contribution in [-0.4, -0.2) is 34.0 Å². The molecule has 2 aromatic rings. The molecule has 0 amide bonds. The van der Waals surface area contributed by atoms with E-state index in [1.165, 1.54) is 12.1 Å². The number of aliphatic hydroxyl groups is 1. The molecule has 0 aromatic heterocycles. The maximum atomic E-state index is 13.6. The Morgan fingerprint density at radius 3 is 2.53 bits per heavy atom. The summed E-state index contributed by atoms with van der Waals surface area (Å²) in [5.74, 6) is -0.207. The first-order valence-electron chi connectivity index (χ1n) is 11.0. The number of aliphatic hydroxyl groups excluding tert-OH is 1. The molecule has 1 saturated heterocycles. The van der Waals surface area contributed by atoms with Crippen molar-refractivity contribution in [2.75, 3.05) is 0 Å². The number of fused-ring (bicyclic) bond motifs is 1. The Morgan fingerprint density at radius 1 is 1.22 bits per heavy atom. The number of carbonyl (C=O) groups is 1. The van der Waals surface area contributed by atoms with Crippen LogP contribution in [0.5, 0.6) is 11.5 Å². The van der Waals surface area contributed by atoms with Crippen LogP contribution in [0.25, 0.3) is 17.2 Å². The Bertz CT molecular complexity index is 1070. The molecule has 0 aliphatic carbocycles. The van der Waals surface area contributed by atoms with E-state index >= 15 is 0 Å². The molecule has 4 rings (SSSR count). The van der Waals surface area contributed by atoms with Gasteiger partial charge in [-0.05, 0) is 54.7 Å². The molecular formula is C26H29FO5. The van der Waals surface area contributed by atoms with Crippen LogP contribution < -0.4 is 4.74 Å². The number of rotatable bonds is 4. The molecule has 5 nitrogen and oxygen atoms in total. The van der Waals surface area contributed by atoms with Crippen LogP contribution in [0.4, 0.5) is 4.39 Å². The molecule has 0 radical (unpaired) electrons. The maximum Gasteiger partial charge on any atom is 0.309 e. The Morgan fingerprint density at radius 2 is 1.91 bits per heavy atom. The van der Waals surface area contributed by atoms with Gasteiger partial charge in [0.15, 0.2) is 11.5 Å². The molecular weight excluding hydrogens is 411 g/mol. The van der Waals surface area contributed by atoms with Crippen LogP contribution >= 0.6 is 0 Å². The summed E-state index contributed by atoms with van der Waals surface area (Å²) >= 11 is 0. The number of phenols is 1. The van der Waals surface area contributed by atoms with Crippen LogP contribution in [0.1, 0.15) is 63.1 Å². The highest BCUT2D eigenvalue weighted by molar-refractivity contribution is 5.87. The number of benzene rings is 2. The lowest BCUT2D eigenvalue weighted by molar-refractivity contribution is -0.156. The third-order valence-corrected chi connectivity index (χ3v) is 5.97. The number of carbonyl (C=O) groups excluding carboxylic acids is 1. The SMILES string of the molecule is CC(C)c1c(/C=C/C2CC(O)CC(=O)O2)c(-c2ccc(F)cc2)c(O)c2c1CC(C)(C)O2. The average molecular weight is 441 g/mol. The third-order valence-electron chi connectivity index (χ3n) is 5.97. The van der Waals surface area contributed by atoms with Gasteiger partial charge < -0.3 is 19.7 Å². The molecule has 2 aromatic carbocycles. The summed E-state index contributed by atoms with van der Waals surface area (Å²) in [6.45, 7) is 8.11. The average Bonchev–Trinajstić information content (AvgIpc) is 3.01. The van der Waals surface area contributed by atoms with E-state index in [1.807, 2.05) is 19.9 Å². The van der Waals surface area contributed by atoms with Crippen molar-refractivity contribution in [3.63, 3.8) is 0 Å². The molecule has 32 heavy (non-hydrogen) atoms. The lowest BCUT2D eigenvalue weighted by atomic mass is 9.83. The predicted octanol–water partition coefficient (Wildman–Crippen LogP) is 5.11. The molecule has 170 valence electrons. The number of cyclic esters (lactones) is 1. The number of esters is 1. The zero-order valence-electron chi connectivity index (χ0n) is 18.8. The third kappa shape index (κ3) is 4.24. The number of halogens is 1. The van der Waals surface area contributed by atoms with Gasteiger partial charge >= 0.3 is 5.97 Å². The van der Waals surface area contributed by atoms with E-state index in [9.17, 15) is 19.4 Å². The largest absolute Gasteiger partial charge is 0.504 e. The highest BCUT2D eigenvalue weighted by Crippen LogP contribution is 2.52. The molecule has 2 unspecified atom stereocenters. The second-order valence-corrected chi connectivity index (χ2v) is 9.54. The lowest BCUT2D eigenvalue weighted by Crippen LogP contribution is -2.31. The van der Waals surface area contributed by atoms with Crippen molar-refractivity contribution in [2.45, 2.75) is 70.7 Å². The molecule has 2 aliphatic heterocycles. The first kappa shape index (κ1) is 22.3. The first-order chi connectivity index (χ1) is 15.1. The summed E-state index contributed by atoms with van der Waals surface area (Å²) < 4.78 is 25.1. The van der Waals surface area contributed by atoms with Crippen LogP contribution in [0.15, 0.2) is 30.3 Å². The molecule has 2 heterocycles. The number of hydrogen-bond acceptors (Lipinski definition) is 5. The van der Waals surface area contributed by atoms with Gasteiger partial charge in [0.2, 0.25) is 0 Å². The summed E-state index contributed by atoms with van der Waals surface area (Å²) in [6, 6.07) is 5.97. The van der Waals surface area contributed by atoms with Gasteiger partial charge in [0.05, 0.1) is 12.5 Å². The number of aromatic hydroxyl groups is 1. The molecule has 0 saturated carbocycles. The minimum absolute atomic E-state index is 0.00549. The van der Waals surface area contributed by atoms with Gasteiger partial charge in [-0.2, -0.15) is 0 Å². The van der Waals surface area contributed by atoms with E-state index in [1.54, 1.807) is 18.2 Å². The van der Waals surface area contributed by atoms with Crippen LogP contribution in [0.3, 0.4) is 0 Å². The second kappa shape index (κ2) is 8.24. The van der Waals surface area contributed by atoms with Crippen LogP contribution in [-0.2, 0) is 16.0 Å². The quantitative estimate of drug-likeness (QED) is 0.646. The predicted molar refractivity (Wildman–Crippen MR) is 120 cm³/mol. The minimum Gasteiger partial charge on any atom is -0.504 e. The van der Waals surface area contributed by atoms with Gasteiger partial charge in [-0.15, -0.1) is 0 Å². The first-order valence-corrected chi connectivity index (χ1v) is 11.0. The fourth-order valence-corrected chi connectivity index (χ4v) is 4.70. The lowest BCUT2D eigenvalue weighted by Gasteiger charge is -2.24. The Kier molecular flexibility index (Phi) is 5.76. The normalized spacial score (nSPS) is 22.2. The number of hydrogen-bond donors (Lipinski definition) is 2. The standard InChI is InChI=1S/C26H29FO5/c1-14(2)22-19(10-9-18-11-17(28)12-21(29)31-18)23(15-5-7-16(27)8-6-15)24(30)25-20(22)13-26(3,4)32-25/h5-10,14,17-18,28,30H,11-13H2,1-4H3/b10-9+. The Labute approximate surface area is 187 Å². The van der Waals surface area contributed by atoms with Crippen molar-refractivity contribution in [2.24, 2.45) is 0 Å². The van der Waals surface area contributed by atoms with Gasteiger partial charge in [0.25, 0.3) is 0 Å². The van der Waals surface area contributed by atoms with Gasteiger partial charge in [0.1, 0.15) is 17.5 Å².